The van der Waals surface area contributed by atoms with E-state index in [4.69, 9.17) is 9.84 Å². The first-order chi connectivity index (χ1) is 7.68. The molecule has 0 aliphatic rings. The minimum Gasteiger partial charge on any atom is -0.481 e. The van der Waals surface area contributed by atoms with Crippen LogP contribution in [0.1, 0.15) is 18.4 Å². The number of rotatable bonds is 7. The van der Waals surface area contributed by atoms with E-state index >= 15 is 0 Å². The van der Waals surface area contributed by atoms with Crippen molar-refractivity contribution in [3.8, 4) is 0 Å². The Morgan fingerprint density at radius 1 is 1.19 bits per heavy atom. The molecule has 0 aromatic heterocycles. The van der Waals surface area contributed by atoms with Gasteiger partial charge < -0.3 is 9.84 Å². The van der Waals surface area contributed by atoms with Crippen LogP contribution in [0.4, 0.5) is 0 Å². The molecular formula is C12H14O4. The fraction of sp³-hybridized carbons (Fsp3) is 0.333. The Balaban J connectivity index is 2.13. The Labute approximate surface area is 93.9 Å². The van der Waals surface area contributed by atoms with Crippen molar-refractivity contribution in [2.75, 3.05) is 6.61 Å². The zero-order valence-electron chi connectivity index (χ0n) is 8.89. The average Bonchev–Trinajstić information content (AvgIpc) is 2.25. The Kier molecular flexibility index (Phi) is 5.22. The third kappa shape index (κ3) is 5.26. The van der Waals surface area contributed by atoms with E-state index in [1.807, 2.05) is 30.3 Å². The number of ether oxygens (including phenoxy) is 1. The molecule has 0 saturated carbocycles. The predicted molar refractivity (Wildman–Crippen MR) is 58.0 cm³/mol. The number of carbonyl (C=O) groups excluding carboxylic acids is 1. The Bertz CT molecular complexity index is 345. The van der Waals surface area contributed by atoms with Crippen molar-refractivity contribution < 1.29 is 19.4 Å². The number of aliphatic carboxylic acids is 1. The number of carbonyl (C=O) groups is 2. The molecule has 0 fully saturated rings. The van der Waals surface area contributed by atoms with Crippen molar-refractivity contribution in [2.45, 2.75) is 19.4 Å². The van der Waals surface area contributed by atoms with Crippen LogP contribution in [0.25, 0.3) is 0 Å². The van der Waals surface area contributed by atoms with Crippen molar-refractivity contribution in [3.63, 3.8) is 0 Å². The van der Waals surface area contributed by atoms with Gasteiger partial charge in [-0.15, -0.1) is 0 Å². The van der Waals surface area contributed by atoms with E-state index < -0.39 is 12.4 Å². The van der Waals surface area contributed by atoms with Crippen LogP contribution in [-0.4, -0.2) is 23.5 Å². The summed E-state index contributed by atoms with van der Waals surface area (Å²) in [6.07, 6.45) is -0.270. The molecule has 0 aliphatic carbocycles. The molecule has 0 radical (unpaired) electrons. The summed E-state index contributed by atoms with van der Waals surface area (Å²) >= 11 is 0. The second kappa shape index (κ2) is 6.74. The maximum atomic E-state index is 11.0. The second-order valence-electron chi connectivity index (χ2n) is 3.40. The fourth-order valence-electron chi connectivity index (χ4n) is 1.21. The lowest BCUT2D eigenvalue weighted by Crippen LogP contribution is -2.09. The van der Waals surface area contributed by atoms with Gasteiger partial charge >= 0.3 is 5.97 Å². The van der Waals surface area contributed by atoms with Gasteiger partial charge in [-0.2, -0.15) is 0 Å². The van der Waals surface area contributed by atoms with Crippen LogP contribution in [0.15, 0.2) is 30.3 Å². The summed E-state index contributed by atoms with van der Waals surface area (Å²) in [6, 6.07) is 9.60. The van der Waals surface area contributed by atoms with E-state index in [1.165, 1.54) is 0 Å². The number of hydrogen-bond acceptors (Lipinski definition) is 3. The van der Waals surface area contributed by atoms with Gasteiger partial charge in [-0.25, -0.2) is 0 Å². The summed E-state index contributed by atoms with van der Waals surface area (Å²) < 4.78 is 5.26. The quantitative estimate of drug-likeness (QED) is 0.562. The zero-order valence-corrected chi connectivity index (χ0v) is 8.89. The first kappa shape index (κ1) is 12.4. The number of Topliss-reactive ketones (excluding diaryl/α,β-unsaturated/α-hetero) is 1. The van der Waals surface area contributed by atoms with Crippen LogP contribution < -0.4 is 0 Å². The van der Waals surface area contributed by atoms with Crippen molar-refractivity contribution in [1.29, 1.82) is 0 Å². The van der Waals surface area contributed by atoms with Crippen LogP contribution in [0, 0.1) is 0 Å². The molecule has 4 nitrogen and oxygen atoms in total. The largest absolute Gasteiger partial charge is 0.481 e. The Hall–Kier alpha value is -1.68. The number of carboxylic acids is 1. The fourth-order valence-corrected chi connectivity index (χ4v) is 1.21. The molecule has 0 unspecified atom stereocenters. The van der Waals surface area contributed by atoms with Crippen LogP contribution in [-0.2, 0) is 20.9 Å². The van der Waals surface area contributed by atoms with E-state index in [1.54, 1.807) is 0 Å². The Morgan fingerprint density at radius 3 is 2.50 bits per heavy atom. The highest BCUT2D eigenvalue weighted by molar-refractivity contribution is 5.94. The van der Waals surface area contributed by atoms with Gasteiger partial charge in [0, 0.05) is 6.42 Å². The lowest BCUT2D eigenvalue weighted by molar-refractivity contribution is -0.140. The number of hydrogen-bond donors (Lipinski definition) is 1. The second-order valence-corrected chi connectivity index (χ2v) is 3.40. The molecule has 1 aromatic rings. The molecular weight excluding hydrogens is 208 g/mol. The molecule has 0 atom stereocenters. The third-order valence-corrected chi connectivity index (χ3v) is 1.99. The molecule has 0 bridgehead atoms. The van der Waals surface area contributed by atoms with Crippen LogP contribution in [0.5, 0.6) is 0 Å². The molecule has 1 N–H and O–H groups in total. The van der Waals surface area contributed by atoms with E-state index in [2.05, 4.69) is 0 Å². The molecule has 4 heteroatoms. The summed E-state index contributed by atoms with van der Waals surface area (Å²) in [7, 11) is 0. The van der Waals surface area contributed by atoms with Crippen molar-refractivity contribution in [3.05, 3.63) is 35.9 Å². The van der Waals surface area contributed by atoms with Gasteiger partial charge in [0.25, 0.3) is 0 Å². The lowest BCUT2D eigenvalue weighted by Gasteiger charge is -2.02. The smallest absolute Gasteiger partial charge is 0.310 e. The van der Waals surface area contributed by atoms with Gasteiger partial charge in [-0.3, -0.25) is 9.59 Å². The molecule has 0 heterocycles. The number of ketones is 1. The molecule has 0 amide bonds. The first-order valence-corrected chi connectivity index (χ1v) is 5.03. The van der Waals surface area contributed by atoms with E-state index in [9.17, 15) is 9.59 Å². The molecule has 0 aliphatic heterocycles. The molecule has 0 saturated heterocycles. The van der Waals surface area contributed by atoms with Gasteiger partial charge in [-0.1, -0.05) is 30.3 Å². The van der Waals surface area contributed by atoms with Crippen LogP contribution in [0.3, 0.4) is 0 Å². The summed E-state index contributed by atoms with van der Waals surface area (Å²) in [5, 5.41) is 8.36. The molecule has 0 spiro atoms. The minimum atomic E-state index is -1.09. The first-order valence-electron chi connectivity index (χ1n) is 5.03. The monoisotopic (exact) mass is 222 g/mol. The standard InChI is InChI=1S/C12H14O4/c13-11(8-12(14)15)6-7-16-9-10-4-2-1-3-5-10/h1-5H,6-9H2,(H,14,15). The normalized spacial score (nSPS) is 10.0. The molecule has 1 aromatic carbocycles. The highest BCUT2D eigenvalue weighted by Crippen LogP contribution is 2.01. The average molecular weight is 222 g/mol. The topological polar surface area (TPSA) is 63.6 Å². The summed E-state index contributed by atoms with van der Waals surface area (Å²) in [5.41, 5.74) is 1.04. The van der Waals surface area contributed by atoms with Gasteiger partial charge in [0.2, 0.25) is 0 Å². The van der Waals surface area contributed by atoms with E-state index in [0.29, 0.717) is 6.61 Å². The third-order valence-electron chi connectivity index (χ3n) is 1.99. The molecule has 16 heavy (non-hydrogen) atoms. The number of carboxylic acid groups (broad SMARTS) is 1. The van der Waals surface area contributed by atoms with Crippen molar-refractivity contribution >= 4 is 11.8 Å². The summed E-state index contributed by atoms with van der Waals surface area (Å²) in [4.78, 5) is 21.2. The number of benzene rings is 1. The summed E-state index contributed by atoms with van der Waals surface area (Å²) in [5.74, 6) is -1.39. The predicted octanol–water partition coefficient (Wildman–Crippen LogP) is 1.64. The van der Waals surface area contributed by atoms with Gasteiger partial charge in [0.1, 0.15) is 12.2 Å². The maximum Gasteiger partial charge on any atom is 0.310 e. The van der Waals surface area contributed by atoms with Crippen LogP contribution >= 0.6 is 0 Å². The van der Waals surface area contributed by atoms with Crippen LogP contribution in [0.2, 0.25) is 0 Å². The van der Waals surface area contributed by atoms with Gasteiger partial charge in [0.05, 0.1) is 13.2 Å². The molecule has 86 valence electrons. The van der Waals surface area contributed by atoms with Crippen molar-refractivity contribution in [2.24, 2.45) is 0 Å². The maximum absolute atomic E-state index is 11.0. The molecule has 1 rings (SSSR count). The Morgan fingerprint density at radius 2 is 1.88 bits per heavy atom. The summed E-state index contributed by atoms with van der Waals surface area (Å²) in [6.45, 7) is 0.711. The highest BCUT2D eigenvalue weighted by atomic mass is 16.5. The highest BCUT2D eigenvalue weighted by Gasteiger charge is 2.06. The van der Waals surface area contributed by atoms with Gasteiger partial charge in [-0.05, 0) is 5.56 Å². The zero-order chi connectivity index (χ0) is 11.8. The van der Waals surface area contributed by atoms with Gasteiger partial charge in [0.15, 0.2) is 0 Å². The SMILES string of the molecule is O=C(O)CC(=O)CCOCc1ccccc1. The van der Waals surface area contributed by atoms with E-state index in [0.717, 1.165) is 5.56 Å². The van der Waals surface area contributed by atoms with Crippen molar-refractivity contribution in [1.82, 2.24) is 0 Å². The minimum absolute atomic E-state index is 0.152. The van der Waals surface area contributed by atoms with E-state index in [-0.39, 0.29) is 18.8 Å². The lowest BCUT2D eigenvalue weighted by atomic mass is 10.2.